The molecule has 0 bridgehead atoms. The molecule has 100 valence electrons. The smallest absolute Gasteiger partial charge is 0.347 e. The summed E-state index contributed by atoms with van der Waals surface area (Å²) in [5.41, 5.74) is 0. The highest BCUT2D eigenvalue weighted by Gasteiger charge is 2.32. The van der Waals surface area contributed by atoms with Crippen LogP contribution in [0.25, 0.3) is 0 Å². The minimum atomic E-state index is -0.747. The van der Waals surface area contributed by atoms with Crippen molar-refractivity contribution in [2.75, 3.05) is 13.2 Å². The molecule has 2 heterocycles. The number of hydrogen-bond donors (Lipinski definition) is 0. The lowest BCUT2D eigenvalue weighted by atomic mass is 10.3. The van der Waals surface area contributed by atoms with Gasteiger partial charge in [-0.2, -0.15) is 0 Å². The number of carbonyl (C=O) groups excluding carboxylic acids is 4. The molecule has 2 saturated heterocycles. The van der Waals surface area contributed by atoms with Gasteiger partial charge in [0, 0.05) is 0 Å². The number of esters is 4. The van der Waals surface area contributed by atoms with Crippen molar-refractivity contribution in [3.05, 3.63) is 0 Å². The second-order valence-electron chi connectivity index (χ2n) is 3.48. The topological polar surface area (TPSA) is 105 Å². The van der Waals surface area contributed by atoms with Crippen LogP contribution in [0.15, 0.2) is 0 Å². The Kier molecular flexibility index (Phi) is 4.64. The molecule has 2 aliphatic rings. The fourth-order valence-electron chi connectivity index (χ4n) is 0.998. The van der Waals surface area contributed by atoms with Gasteiger partial charge in [-0.05, 0) is 13.8 Å². The van der Waals surface area contributed by atoms with Crippen molar-refractivity contribution in [2.24, 2.45) is 0 Å². The number of cyclic esters (lactones) is 4. The van der Waals surface area contributed by atoms with Gasteiger partial charge in [0.05, 0.1) is 0 Å². The Hall–Kier alpha value is -2.12. The highest BCUT2D eigenvalue weighted by atomic mass is 16.6. The molecule has 8 nitrogen and oxygen atoms in total. The zero-order chi connectivity index (χ0) is 13.7. The predicted molar refractivity (Wildman–Crippen MR) is 53.0 cm³/mol. The molecule has 0 amide bonds. The Labute approximate surface area is 102 Å². The van der Waals surface area contributed by atoms with Crippen LogP contribution in [0.2, 0.25) is 0 Å². The molecule has 0 N–H and O–H groups in total. The Morgan fingerprint density at radius 1 is 0.778 bits per heavy atom. The van der Waals surface area contributed by atoms with E-state index < -0.39 is 36.1 Å². The van der Waals surface area contributed by atoms with Crippen LogP contribution in [0.1, 0.15) is 13.8 Å². The van der Waals surface area contributed by atoms with Gasteiger partial charge in [-0.1, -0.05) is 0 Å². The molecule has 0 aromatic rings. The third-order valence-electron chi connectivity index (χ3n) is 1.95. The van der Waals surface area contributed by atoms with Crippen molar-refractivity contribution in [1.29, 1.82) is 0 Å². The van der Waals surface area contributed by atoms with Crippen LogP contribution in [0.5, 0.6) is 0 Å². The fraction of sp³-hybridized carbons (Fsp3) is 0.600. The molecule has 18 heavy (non-hydrogen) atoms. The van der Waals surface area contributed by atoms with Crippen molar-refractivity contribution in [1.82, 2.24) is 0 Å². The summed E-state index contributed by atoms with van der Waals surface area (Å²) in [6.07, 6.45) is -1.49. The number of hydrogen-bond acceptors (Lipinski definition) is 8. The summed E-state index contributed by atoms with van der Waals surface area (Å²) in [7, 11) is 0. The lowest BCUT2D eigenvalue weighted by Gasteiger charge is -2.22. The van der Waals surface area contributed by atoms with Crippen LogP contribution in [0, 0.1) is 0 Å². The second-order valence-corrected chi connectivity index (χ2v) is 3.48. The Morgan fingerprint density at radius 3 is 1.39 bits per heavy atom. The van der Waals surface area contributed by atoms with Crippen molar-refractivity contribution in [2.45, 2.75) is 26.1 Å². The van der Waals surface area contributed by atoms with Gasteiger partial charge in [-0.25, -0.2) is 19.2 Å². The van der Waals surface area contributed by atoms with E-state index in [2.05, 4.69) is 18.9 Å². The summed E-state index contributed by atoms with van der Waals surface area (Å²) in [6.45, 7) is 2.48. The number of carbonyl (C=O) groups is 4. The number of rotatable bonds is 0. The maximum Gasteiger partial charge on any atom is 0.347 e. The predicted octanol–water partition coefficient (Wildman–Crippen LogP) is -1.05. The largest absolute Gasteiger partial charge is 0.451 e. The van der Waals surface area contributed by atoms with E-state index in [-0.39, 0.29) is 13.2 Å². The van der Waals surface area contributed by atoms with Gasteiger partial charge in [0.15, 0.2) is 25.4 Å². The zero-order valence-corrected chi connectivity index (χ0v) is 9.83. The zero-order valence-electron chi connectivity index (χ0n) is 9.83. The van der Waals surface area contributed by atoms with Crippen LogP contribution in [-0.2, 0) is 38.1 Å². The first-order chi connectivity index (χ1) is 8.40. The lowest BCUT2D eigenvalue weighted by Crippen LogP contribution is -2.40. The lowest BCUT2D eigenvalue weighted by molar-refractivity contribution is -0.191. The average Bonchev–Trinajstić information content (AvgIpc) is 2.31. The summed E-state index contributed by atoms with van der Waals surface area (Å²) in [5.74, 6) is -1.92. The monoisotopic (exact) mass is 260 g/mol. The van der Waals surface area contributed by atoms with E-state index in [0.29, 0.717) is 0 Å². The summed E-state index contributed by atoms with van der Waals surface area (Å²) >= 11 is 0. The normalized spacial score (nSPS) is 27.0. The van der Waals surface area contributed by atoms with Gasteiger partial charge < -0.3 is 18.9 Å². The molecule has 0 saturated carbocycles. The van der Waals surface area contributed by atoms with Crippen LogP contribution in [0.3, 0.4) is 0 Å². The average molecular weight is 260 g/mol. The van der Waals surface area contributed by atoms with E-state index >= 15 is 0 Å². The first-order valence-electron chi connectivity index (χ1n) is 5.12. The Bertz CT molecular complexity index is 326. The van der Waals surface area contributed by atoms with Gasteiger partial charge in [-0.3, -0.25) is 0 Å². The van der Waals surface area contributed by atoms with Crippen LogP contribution < -0.4 is 0 Å². The van der Waals surface area contributed by atoms with Crippen LogP contribution >= 0.6 is 0 Å². The molecular weight excluding hydrogens is 248 g/mol. The standard InChI is InChI=1S/C6H8O4.C4H4O4/c1-3-5(7)10-4(2)6(8)9-3;5-3-1-7-4(6)2-8-3/h3-4H,1-2H3;1-2H2/t3-,4-;/m1./s1. The molecule has 2 aliphatic heterocycles. The van der Waals surface area contributed by atoms with E-state index in [0.717, 1.165) is 0 Å². The summed E-state index contributed by atoms with van der Waals surface area (Å²) in [4.78, 5) is 41.5. The first-order valence-corrected chi connectivity index (χ1v) is 5.12. The molecule has 2 fully saturated rings. The third kappa shape index (κ3) is 4.04. The second kappa shape index (κ2) is 5.99. The van der Waals surface area contributed by atoms with Crippen molar-refractivity contribution >= 4 is 23.9 Å². The minimum absolute atomic E-state index is 0.237. The SMILES string of the molecule is C[C@H]1OC(=O)[C@@H](C)OC1=O.O=C1COC(=O)CO1. The van der Waals surface area contributed by atoms with Crippen molar-refractivity contribution in [3.8, 4) is 0 Å². The minimum Gasteiger partial charge on any atom is -0.451 e. The van der Waals surface area contributed by atoms with Gasteiger partial charge in [0.1, 0.15) is 0 Å². The third-order valence-corrected chi connectivity index (χ3v) is 1.95. The fourth-order valence-corrected chi connectivity index (χ4v) is 0.998. The van der Waals surface area contributed by atoms with E-state index in [1.165, 1.54) is 13.8 Å². The molecular formula is C10H12O8. The maximum atomic E-state index is 10.7. The van der Waals surface area contributed by atoms with Gasteiger partial charge in [0.25, 0.3) is 0 Å². The van der Waals surface area contributed by atoms with Crippen LogP contribution in [0.4, 0.5) is 0 Å². The first kappa shape index (κ1) is 13.9. The highest BCUT2D eigenvalue weighted by molar-refractivity contribution is 5.86. The van der Waals surface area contributed by atoms with Gasteiger partial charge in [-0.15, -0.1) is 0 Å². The van der Waals surface area contributed by atoms with Gasteiger partial charge >= 0.3 is 23.9 Å². The van der Waals surface area contributed by atoms with Crippen molar-refractivity contribution < 1.29 is 38.1 Å². The van der Waals surface area contributed by atoms with E-state index in [4.69, 9.17) is 0 Å². The highest BCUT2D eigenvalue weighted by Crippen LogP contribution is 2.08. The van der Waals surface area contributed by atoms with E-state index in [1.54, 1.807) is 0 Å². The van der Waals surface area contributed by atoms with Crippen molar-refractivity contribution in [3.63, 3.8) is 0 Å². The Morgan fingerprint density at radius 2 is 1.11 bits per heavy atom. The number of ether oxygens (including phenoxy) is 4. The van der Waals surface area contributed by atoms with E-state index in [1.807, 2.05) is 0 Å². The Balaban J connectivity index is 0.000000184. The van der Waals surface area contributed by atoms with Crippen LogP contribution in [-0.4, -0.2) is 49.3 Å². The molecule has 0 aromatic heterocycles. The molecule has 0 spiro atoms. The molecule has 0 radical (unpaired) electrons. The summed E-state index contributed by atoms with van der Waals surface area (Å²) < 4.78 is 17.7. The summed E-state index contributed by atoms with van der Waals surface area (Å²) in [6, 6.07) is 0. The van der Waals surface area contributed by atoms with E-state index in [9.17, 15) is 19.2 Å². The molecule has 0 aliphatic carbocycles. The van der Waals surface area contributed by atoms with Gasteiger partial charge in [0.2, 0.25) is 0 Å². The summed E-state index contributed by atoms with van der Waals surface area (Å²) in [5, 5.41) is 0. The maximum absolute atomic E-state index is 10.7. The quantitative estimate of drug-likeness (QED) is 0.401. The molecule has 8 heteroatoms. The molecule has 0 aromatic carbocycles. The molecule has 0 unspecified atom stereocenters. The molecule has 2 rings (SSSR count). The molecule has 2 atom stereocenters.